The number of esters is 1. The first-order valence-electron chi connectivity index (χ1n) is 11.7. The van der Waals surface area contributed by atoms with E-state index >= 15 is 0 Å². The summed E-state index contributed by atoms with van der Waals surface area (Å²) in [6.07, 6.45) is -1.59. The van der Waals surface area contributed by atoms with Gasteiger partial charge in [-0.2, -0.15) is 0 Å². The van der Waals surface area contributed by atoms with Gasteiger partial charge in [0.05, 0.1) is 5.92 Å². The highest BCUT2D eigenvalue weighted by Gasteiger charge is 2.39. The number of hydrogen-bond donors (Lipinski definition) is 3. The van der Waals surface area contributed by atoms with Gasteiger partial charge in [0.25, 0.3) is 0 Å². The Bertz CT molecular complexity index is 1020. The Labute approximate surface area is 202 Å². The van der Waals surface area contributed by atoms with Crippen LogP contribution in [0.5, 0.6) is 0 Å². The van der Waals surface area contributed by atoms with Gasteiger partial charge >= 0.3 is 5.97 Å². The molecule has 7 heteroatoms. The molecule has 7 nitrogen and oxygen atoms in total. The van der Waals surface area contributed by atoms with Crippen molar-refractivity contribution in [2.24, 2.45) is 11.3 Å². The van der Waals surface area contributed by atoms with Crippen LogP contribution >= 0.6 is 0 Å². The number of ether oxygens (including phenoxy) is 1. The van der Waals surface area contributed by atoms with E-state index < -0.39 is 41.0 Å². The number of amides is 2. The zero-order valence-corrected chi connectivity index (χ0v) is 21.3. The molecule has 2 aromatic carbocycles. The van der Waals surface area contributed by atoms with E-state index in [1.165, 1.54) is 0 Å². The number of aliphatic hydroxyl groups is 1. The van der Waals surface area contributed by atoms with Crippen LogP contribution in [0.15, 0.2) is 42.5 Å². The van der Waals surface area contributed by atoms with Crippen LogP contribution in [0.4, 0.5) is 0 Å². The summed E-state index contributed by atoms with van der Waals surface area (Å²) in [4.78, 5) is 38.8. The molecule has 0 radical (unpaired) electrons. The van der Waals surface area contributed by atoms with Crippen LogP contribution in [0.1, 0.15) is 54.0 Å². The second-order valence-electron chi connectivity index (χ2n) is 10.7. The van der Waals surface area contributed by atoms with Crippen molar-refractivity contribution in [3.05, 3.63) is 48.0 Å². The van der Waals surface area contributed by atoms with Crippen LogP contribution in [0.3, 0.4) is 0 Å². The average Bonchev–Trinajstić information content (AvgIpc) is 2.73. The summed E-state index contributed by atoms with van der Waals surface area (Å²) >= 11 is 0. The smallest absolute Gasteiger partial charge is 0.336 e. The Morgan fingerprint density at radius 3 is 2.12 bits per heavy atom. The third kappa shape index (κ3) is 7.55. The molecule has 0 aromatic heterocycles. The number of carbonyl (C=O) groups is 3. The maximum atomic E-state index is 13.4. The van der Waals surface area contributed by atoms with Crippen molar-refractivity contribution in [3.8, 4) is 0 Å². The summed E-state index contributed by atoms with van der Waals surface area (Å²) in [7, 11) is 0. The van der Waals surface area contributed by atoms with Gasteiger partial charge in [0, 0.05) is 6.54 Å². The topological polar surface area (TPSA) is 105 Å². The molecule has 0 bridgehead atoms. The minimum absolute atomic E-state index is 0.101. The third-order valence-corrected chi connectivity index (χ3v) is 5.40. The molecule has 0 heterocycles. The van der Waals surface area contributed by atoms with E-state index in [4.69, 9.17) is 4.74 Å². The number of benzene rings is 2. The fraction of sp³-hybridized carbons (Fsp3) is 0.519. The number of rotatable bonds is 8. The van der Waals surface area contributed by atoms with E-state index in [2.05, 4.69) is 10.6 Å². The lowest BCUT2D eigenvalue weighted by atomic mass is 9.84. The Hall–Kier alpha value is -2.93. The van der Waals surface area contributed by atoms with Crippen molar-refractivity contribution in [2.45, 2.75) is 72.6 Å². The number of aliphatic hydroxyl groups excluding tert-OH is 1. The van der Waals surface area contributed by atoms with Crippen LogP contribution in [-0.2, 0) is 25.5 Å². The average molecular weight is 471 g/mol. The summed E-state index contributed by atoms with van der Waals surface area (Å²) in [6.45, 7) is 12.8. The van der Waals surface area contributed by atoms with Crippen LogP contribution in [0.2, 0.25) is 0 Å². The summed E-state index contributed by atoms with van der Waals surface area (Å²) < 4.78 is 5.35. The monoisotopic (exact) mass is 470 g/mol. The quantitative estimate of drug-likeness (QED) is 0.513. The predicted molar refractivity (Wildman–Crippen MR) is 133 cm³/mol. The summed E-state index contributed by atoms with van der Waals surface area (Å²) in [6, 6.07) is 12.7. The molecule has 0 fully saturated rings. The Morgan fingerprint density at radius 1 is 0.941 bits per heavy atom. The minimum Gasteiger partial charge on any atom is -0.458 e. The molecule has 0 unspecified atom stereocenters. The first kappa shape index (κ1) is 27.3. The lowest BCUT2D eigenvalue weighted by molar-refractivity contribution is -0.170. The molecule has 3 atom stereocenters. The molecule has 2 aromatic rings. The van der Waals surface area contributed by atoms with Gasteiger partial charge in [-0.3, -0.25) is 9.59 Å². The van der Waals surface area contributed by atoms with Crippen molar-refractivity contribution < 1.29 is 24.2 Å². The number of likely N-dealkylation sites (N-methyl/N-ethyl adjacent to an activating group) is 1. The zero-order chi connectivity index (χ0) is 25.7. The fourth-order valence-electron chi connectivity index (χ4n) is 3.69. The van der Waals surface area contributed by atoms with Gasteiger partial charge in [-0.25, -0.2) is 4.79 Å². The summed E-state index contributed by atoms with van der Waals surface area (Å²) in [5.41, 5.74) is -0.622. The van der Waals surface area contributed by atoms with E-state index in [1.54, 1.807) is 27.7 Å². The minimum atomic E-state index is -1.69. The van der Waals surface area contributed by atoms with Crippen molar-refractivity contribution >= 4 is 28.6 Å². The number of fused-ring (bicyclic) bond motifs is 1. The Kier molecular flexibility index (Phi) is 8.83. The highest BCUT2D eigenvalue weighted by Crippen LogP contribution is 2.24. The molecular weight excluding hydrogens is 432 g/mol. The first-order chi connectivity index (χ1) is 15.7. The summed E-state index contributed by atoms with van der Waals surface area (Å²) in [5, 5.41) is 18.5. The molecular formula is C27H38N2O5. The zero-order valence-electron chi connectivity index (χ0n) is 21.3. The molecule has 186 valence electrons. The van der Waals surface area contributed by atoms with Crippen LogP contribution in [0.25, 0.3) is 10.8 Å². The first-order valence-corrected chi connectivity index (χ1v) is 11.7. The highest BCUT2D eigenvalue weighted by molar-refractivity contribution is 5.92. The van der Waals surface area contributed by atoms with Gasteiger partial charge in [0.15, 0.2) is 6.10 Å². The lowest BCUT2D eigenvalue weighted by Gasteiger charge is -2.32. The third-order valence-electron chi connectivity index (χ3n) is 5.40. The molecule has 0 saturated carbocycles. The lowest BCUT2D eigenvalue weighted by Crippen LogP contribution is -2.56. The van der Waals surface area contributed by atoms with Gasteiger partial charge in [0.2, 0.25) is 11.8 Å². The fourth-order valence-corrected chi connectivity index (χ4v) is 3.69. The normalized spacial score (nSPS) is 14.7. The number of hydrogen-bond acceptors (Lipinski definition) is 5. The Morgan fingerprint density at radius 2 is 1.56 bits per heavy atom. The maximum Gasteiger partial charge on any atom is 0.336 e. The van der Waals surface area contributed by atoms with Crippen LogP contribution in [-0.4, -0.2) is 47.2 Å². The molecule has 0 aliphatic heterocycles. The van der Waals surface area contributed by atoms with Gasteiger partial charge in [0.1, 0.15) is 11.6 Å². The second kappa shape index (κ2) is 11.0. The molecule has 3 N–H and O–H groups in total. The predicted octanol–water partition coefficient (Wildman–Crippen LogP) is 3.37. The second-order valence-corrected chi connectivity index (χ2v) is 10.7. The van der Waals surface area contributed by atoms with E-state index in [-0.39, 0.29) is 12.3 Å². The molecule has 0 spiro atoms. The standard InChI is InChI=1S/C27H38N2O5/c1-8-28-24(32)22(26(2,3)4)29-23(31)20(21(30)25(33)34-27(5,6)7)16-17-13-14-18-11-9-10-12-19(18)15-17/h9-15,20-22,30H,8,16H2,1-7H3,(H,28,32)(H,29,31)/t20-,21+,22-/m1/s1. The van der Waals surface area contributed by atoms with Crippen molar-refractivity contribution in [3.63, 3.8) is 0 Å². The molecule has 2 amide bonds. The van der Waals surface area contributed by atoms with E-state index in [0.29, 0.717) is 6.54 Å². The maximum absolute atomic E-state index is 13.4. The molecule has 2 rings (SSSR count). The van der Waals surface area contributed by atoms with Gasteiger partial charge in [-0.1, -0.05) is 63.2 Å². The van der Waals surface area contributed by atoms with E-state index in [0.717, 1.165) is 16.3 Å². The largest absolute Gasteiger partial charge is 0.458 e. The van der Waals surface area contributed by atoms with Crippen molar-refractivity contribution in [1.82, 2.24) is 10.6 Å². The van der Waals surface area contributed by atoms with Gasteiger partial charge in [-0.15, -0.1) is 0 Å². The highest BCUT2D eigenvalue weighted by atomic mass is 16.6. The van der Waals surface area contributed by atoms with E-state index in [9.17, 15) is 19.5 Å². The van der Waals surface area contributed by atoms with E-state index in [1.807, 2.05) is 63.2 Å². The van der Waals surface area contributed by atoms with Crippen molar-refractivity contribution in [1.29, 1.82) is 0 Å². The molecule has 34 heavy (non-hydrogen) atoms. The molecule has 0 aliphatic carbocycles. The van der Waals surface area contributed by atoms with Gasteiger partial charge in [-0.05, 0) is 55.9 Å². The van der Waals surface area contributed by atoms with Gasteiger partial charge < -0.3 is 20.5 Å². The Balaban J connectivity index is 2.38. The summed E-state index contributed by atoms with van der Waals surface area (Å²) in [5.74, 6) is -2.92. The van der Waals surface area contributed by atoms with Crippen LogP contribution in [0, 0.1) is 11.3 Å². The molecule has 0 aliphatic rings. The number of nitrogens with one attached hydrogen (secondary N) is 2. The number of carbonyl (C=O) groups excluding carboxylic acids is 3. The molecule has 0 saturated heterocycles. The SMILES string of the molecule is CCNC(=O)[C@@H](NC(=O)[C@H](Cc1ccc2ccccc2c1)[C@H](O)C(=O)OC(C)(C)C)C(C)(C)C. The van der Waals surface area contributed by atoms with Crippen LogP contribution < -0.4 is 10.6 Å². The van der Waals surface area contributed by atoms with Crippen molar-refractivity contribution in [2.75, 3.05) is 6.54 Å².